The summed E-state index contributed by atoms with van der Waals surface area (Å²) in [6.07, 6.45) is 0.623. The van der Waals surface area contributed by atoms with Gasteiger partial charge in [-0.2, -0.15) is 0 Å². The maximum absolute atomic E-state index is 11.5. The van der Waals surface area contributed by atoms with Crippen LogP contribution in [0.15, 0.2) is 44.5 Å². The lowest BCUT2D eigenvalue weighted by molar-refractivity contribution is 0.872. The van der Waals surface area contributed by atoms with Gasteiger partial charge in [0.15, 0.2) is 0 Å². The van der Waals surface area contributed by atoms with Crippen molar-refractivity contribution in [1.82, 2.24) is 9.97 Å². The SMILES string of the molecule is NCCc1cc(=O)[nH]c(CSc2cccc(Br)c2)n1. The Morgan fingerprint density at radius 1 is 1.37 bits per heavy atom. The molecule has 0 amide bonds. The van der Waals surface area contributed by atoms with Crippen molar-refractivity contribution < 1.29 is 0 Å². The number of hydrogen-bond donors (Lipinski definition) is 2. The third-order valence-electron chi connectivity index (χ3n) is 2.42. The zero-order chi connectivity index (χ0) is 13.7. The number of aromatic amines is 1. The van der Waals surface area contributed by atoms with Crippen LogP contribution < -0.4 is 11.3 Å². The van der Waals surface area contributed by atoms with Gasteiger partial charge in [0.25, 0.3) is 5.56 Å². The van der Waals surface area contributed by atoms with Crippen LogP contribution in [0.3, 0.4) is 0 Å². The molecule has 100 valence electrons. The van der Waals surface area contributed by atoms with E-state index in [1.807, 2.05) is 24.3 Å². The lowest BCUT2D eigenvalue weighted by Gasteiger charge is -2.04. The maximum Gasteiger partial charge on any atom is 0.251 e. The monoisotopic (exact) mass is 339 g/mol. The van der Waals surface area contributed by atoms with E-state index in [1.165, 1.54) is 6.07 Å². The molecule has 0 aliphatic carbocycles. The molecule has 1 heterocycles. The lowest BCUT2D eigenvalue weighted by Crippen LogP contribution is -2.14. The Bertz CT molecular complexity index is 615. The van der Waals surface area contributed by atoms with Crippen molar-refractivity contribution in [3.05, 3.63) is 56.7 Å². The number of halogens is 1. The van der Waals surface area contributed by atoms with E-state index < -0.39 is 0 Å². The van der Waals surface area contributed by atoms with Crippen LogP contribution in [-0.2, 0) is 12.2 Å². The second-order valence-electron chi connectivity index (χ2n) is 3.97. The van der Waals surface area contributed by atoms with Gasteiger partial charge in [-0.3, -0.25) is 4.79 Å². The van der Waals surface area contributed by atoms with Gasteiger partial charge in [-0.1, -0.05) is 22.0 Å². The van der Waals surface area contributed by atoms with E-state index in [4.69, 9.17) is 5.73 Å². The largest absolute Gasteiger partial charge is 0.330 e. The van der Waals surface area contributed by atoms with E-state index in [-0.39, 0.29) is 5.56 Å². The first-order valence-corrected chi connectivity index (χ1v) is 7.63. The highest BCUT2D eigenvalue weighted by molar-refractivity contribution is 9.10. The summed E-state index contributed by atoms with van der Waals surface area (Å²) in [5, 5.41) is 0. The molecule has 0 saturated carbocycles. The van der Waals surface area contributed by atoms with Crippen LogP contribution >= 0.6 is 27.7 Å². The molecule has 0 unspecified atom stereocenters. The first-order valence-electron chi connectivity index (χ1n) is 5.85. The summed E-state index contributed by atoms with van der Waals surface area (Å²) in [5.74, 6) is 1.31. The van der Waals surface area contributed by atoms with Gasteiger partial charge >= 0.3 is 0 Å². The summed E-state index contributed by atoms with van der Waals surface area (Å²) in [5.41, 5.74) is 6.10. The molecule has 0 radical (unpaired) electrons. The van der Waals surface area contributed by atoms with Gasteiger partial charge < -0.3 is 10.7 Å². The number of benzene rings is 1. The van der Waals surface area contributed by atoms with Crippen molar-refractivity contribution >= 4 is 27.7 Å². The predicted octanol–water partition coefficient (Wildman–Crippen LogP) is 2.33. The van der Waals surface area contributed by atoms with Gasteiger partial charge in [-0.25, -0.2) is 4.98 Å². The number of rotatable bonds is 5. The van der Waals surface area contributed by atoms with Crippen LogP contribution in [0.5, 0.6) is 0 Å². The molecule has 0 bridgehead atoms. The van der Waals surface area contributed by atoms with Gasteiger partial charge in [0.2, 0.25) is 0 Å². The van der Waals surface area contributed by atoms with Gasteiger partial charge in [0.05, 0.1) is 5.75 Å². The van der Waals surface area contributed by atoms with Gasteiger partial charge in [0, 0.05) is 27.5 Å². The van der Waals surface area contributed by atoms with Crippen molar-refractivity contribution in [3.63, 3.8) is 0 Å². The number of nitrogens with one attached hydrogen (secondary N) is 1. The molecule has 4 nitrogen and oxygen atoms in total. The standard InChI is InChI=1S/C13H14BrN3OS/c14-9-2-1-3-11(6-9)19-8-12-16-10(4-5-15)7-13(18)17-12/h1-3,6-7H,4-5,8,15H2,(H,16,17,18). The quantitative estimate of drug-likeness (QED) is 0.820. The van der Waals surface area contributed by atoms with E-state index in [2.05, 4.69) is 25.9 Å². The van der Waals surface area contributed by atoms with Crippen LogP contribution in [-0.4, -0.2) is 16.5 Å². The van der Waals surface area contributed by atoms with E-state index in [0.29, 0.717) is 24.5 Å². The predicted molar refractivity (Wildman–Crippen MR) is 81.3 cm³/mol. The Morgan fingerprint density at radius 2 is 2.21 bits per heavy atom. The van der Waals surface area contributed by atoms with Crippen LogP contribution in [0, 0.1) is 0 Å². The van der Waals surface area contributed by atoms with E-state index >= 15 is 0 Å². The number of H-pyrrole nitrogens is 1. The second kappa shape index (κ2) is 6.88. The molecule has 0 fully saturated rings. The molecule has 6 heteroatoms. The zero-order valence-electron chi connectivity index (χ0n) is 10.2. The topological polar surface area (TPSA) is 71.8 Å². The Hall–Kier alpha value is -1.11. The van der Waals surface area contributed by atoms with Gasteiger partial charge in [-0.15, -0.1) is 11.8 Å². The highest BCUT2D eigenvalue weighted by atomic mass is 79.9. The van der Waals surface area contributed by atoms with E-state index in [0.717, 1.165) is 15.1 Å². The lowest BCUT2D eigenvalue weighted by atomic mass is 10.3. The summed E-state index contributed by atoms with van der Waals surface area (Å²) < 4.78 is 1.04. The molecule has 19 heavy (non-hydrogen) atoms. The molecular formula is C13H14BrN3OS. The number of aromatic nitrogens is 2. The molecular weight excluding hydrogens is 326 g/mol. The number of nitrogens with zero attached hydrogens (tertiary/aromatic N) is 1. The van der Waals surface area contributed by atoms with Crippen LogP contribution in [0.25, 0.3) is 0 Å². The summed E-state index contributed by atoms with van der Waals surface area (Å²) in [6, 6.07) is 9.52. The first kappa shape index (κ1) is 14.3. The summed E-state index contributed by atoms with van der Waals surface area (Å²) >= 11 is 5.06. The van der Waals surface area contributed by atoms with Crippen molar-refractivity contribution in [2.45, 2.75) is 17.1 Å². The van der Waals surface area contributed by atoms with Gasteiger partial charge in [-0.05, 0) is 24.7 Å². The van der Waals surface area contributed by atoms with E-state index in [1.54, 1.807) is 11.8 Å². The molecule has 2 rings (SSSR count). The molecule has 0 aliphatic heterocycles. The minimum atomic E-state index is -0.122. The molecule has 1 aromatic heterocycles. The molecule has 2 aromatic rings. The highest BCUT2D eigenvalue weighted by Gasteiger charge is 2.02. The molecule has 1 aromatic carbocycles. The Balaban J connectivity index is 2.09. The minimum absolute atomic E-state index is 0.122. The number of thioether (sulfide) groups is 1. The summed E-state index contributed by atoms with van der Waals surface area (Å²) in [7, 11) is 0. The Labute approximate surface area is 124 Å². The third-order valence-corrected chi connectivity index (χ3v) is 3.91. The second-order valence-corrected chi connectivity index (χ2v) is 5.93. The van der Waals surface area contributed by atoms with Crippen LogP contribution in [0.1, 0.15) is 11.5 Å². The molecule has 3 N–H and O–H groups in total. The van der Waals surface area contributed by atoms with Crippen molar-refractivity contribution in [2.75, 3.05) is 6.54 Å². The fourth-order valence-corrected chi connectivity index (χ4v) is 2.99. The normalized spacial score (nSPS) is 10.6. The number of nitrogens with two attached hydrogens (primary N) is 1. The fraction of sp³-hybridized carbons (Fsp3) is 0.231. The third kappa shape index (κ3) is 4.49. The molecule has 0 atom stereocenters. The van der Waals surface area contributed by atoms with Crippen LogP contribution in [0.2, 0.25) is 0 Å². The van der Waals surface area contributed by atoms with Crippen molar-refractivity contribution in [1.29, 1.82) is 0 Å². The Morgan fingerprint density at radius 3 is 2.95 bits per heavy atom. The minimum Gasteiger partial charge on any atom is -0.330 e. The van der Waals surface area contributed by atoms with Gasteiger partial charge in [0.1, 0.15) is 5.82 Å². The zero-order valence-corrected chi connectivity index (χ0v) is 12.6. The average Bonchev–Trinajstić information content (AvgIpc) is 2.36. The van der Waals surface area contributed by atoms with Crippen LogP contribution in [0.4, 0.5) is 0 Å². The number of hydrogen-bond acceptors (Lipinski definition) is 4. The fourth-order valence-electron chi connectivity index (χ4n) is 1.62. The molecule has 0 spiro atoms. The summed E-state index contributed by atoms with van der Waals surface area (Å²) in [4.78, 5) is 19.8. The highest BCUT2D eigenvalue weighted by Crippen LogP contribution is 2.24. The maximum atomic E-state index is 11.5. The smallest absolute Gasteiger partial charge is 0.251 e. The Kier molecular flexibility index (Phi) is 5.18. The average molecular weight is 340 g/mol. The molecule has 0 aliphatic rings. The van der Waals surface area contributed by atoms with Crippen molar-refractivity contribution in [2.24, 2.45) is 5.73 Å². The summed E-state index contributed by atoms with van der Waals surface area (Å²) in [6.45, 7) is 0.495. The first-order chi connectivity index (χ1) is 9.17. The molecule has 0 saturated heterocycles. The van der Waals surface area contributed by atoms with E-state index in [9.17, 15) is 4.79 Å². The van der Waals surface area contributed by atoms with Crippen molar-refractivity contribution in [3.8, 4) is 0 Å².